The summed E-state index contributed by atoms with van der Waals surface area (Å²) in [5.74, 6) is 0.499. The van der Waals surface area contributed by atoms with Gasteiger partial charge < -0.3 is 10.3 Å². The molecule has 0 saturated heterocycles. The summed E-state index contributed by atoms with van der Waals surface area (Å²) < 4.78 is 13.5. The monoisotopic (exact) mass is 420 g/mol. The van der Waals surface area contributed by atoms with E-state index in [1.807, 2.05) is 0 Å². The lowest BCUT2D eigenvalue weighted by Gasteiger charge is -2.20. The van der Waals surface area contributed by atoms with Gasteiger partial charge in [-0.25, -0.2) is 9.37 Å². The first-order chi connectivity index (χ1) is 15.1. The number of carbonyl (C=O) groups is 1. The molecule has 160 valence electrons. The molecule has 4 rings (SSSR count). The Bertz CT molecular complexity index is 1080. The van der Waals surface area contributed by atoms with Crippen LogP contribution in [0.25, 0.3) is 11.4 Å². The Morgan fingerprint density at radius 1 is 1.13 bits per heavy atom. The van der Waals surface area contributed by atoms with Gasteiger partial charge in [-0.1, -0.05) is 25.0 Å². The number of benzene rings is 1. The van der Waals surface area contributed by atoms with Crippen LogP contribution in [0.5, 0.6) is 0 Å². The van der Waals surface area contributed by atoms with Gasteiger partial charge in [0.25, 0.3) is 5.56 Å². The quantitative estimate of drug-likeness (QED) is 0.606. The van der Waals surface area contributed by atoms with E-state index in [1.165, 1.54) is 31.0 Å². The van der Waals surface area contributed by atoms with Crippen LogP contribution in [-0.2, 0) is 11.2 Å². The average Bonchev–Trinajstić information content (AvgIpc) is 3.27. The van der Waals surface area contributed by atoms with Crippen molar-refractivity contribution < 1.29 is 9.18 Å². The molecule has 0 spiro atoms. The predicted octanol–water partition coefficient (Wildman–Crippen LogP) is 3.95. The minimum Gasteiger partial charge on any atom is -0.349 e. The molecule has 1 aliphatic carbocycles. The predicted molar refractivity (Wildman–Crippen MR) is 116 cm³/mol. The zero-order valence-corrected chi connectivity index (χ0v) is 17.2. The molecule has 0 radical (unpaired) electrons. The van der Waals surface area contributed by atoms with E-state index in [4.69, 9.17) is 0 Å². The van der Waals surface area contributed by atoms with Gasteiger partial charge in [-0.05, 0) is 48.6 Å². The number of nitrogens with zero attached hydrogens (tertiary/aromatic N) is 2. The fraction of sp³-hybridized carbons (Fsp3) is 0.333. The zero-order valence-electron chi connectivity index (χ0n) is 17.2. The first kappa shape index (κ1) is 20.9. The molecule has 0 aliphatic heterocycles. The SMILES string of the molecule is O=C(CC1CCCC1)N[C@@H](Cc1cc(=O)[nH]c(-c2ccncc2)n1)c1ccc(F)cc1. The highest BCUT2D eigenvalue weighted by Gasteiger charge is 2.22. The smallest absolute Gasteiger partial charge is 0.251 e. The van der Waals surface area contributed by atoms with Crippen molar-refractivity contribution in [3.05, 3.63) is 82.3 Å². The molecule has 3 aromatic rings. The molecular formula is C24H25FN4O2. The number of H-pyrrole nitrogens is 1. The van der Waals surface area contributed by atoms with Gasteiger partial charge in [0.15, 0.2) is 0 Å². The summed E-state index contributed by atoms with van der Waals surface area (Å²) in [7, 11) is 0. The van der Waals surface area contributed by atoms with Crippen LogP contribution < -0.4 is 10.9 Å². The second kappa shape index (κ2) is 9.64. The highest BCUT2D eigenvalue weighted by atomic mass is 19.1. The van der Waals surface area contributed by atoms with Crippen LogP contribution in [0.2, 0.25) is 0 Å². The number of nitrogens with one attached hydrogen (secondary N) is 2. The Morgan fingerprint density at radius 3 is 2.55 bits per heavy atom. The van der Waals surface area contributed by atoms with E-state index in [2.05, 4.69) is 20.3 Å². The number of aromatic nitrogens is 3. The third kappa shape index (κ3) is 5.63. The summed E-state index contributed by atoms with van der Waals surface area (Å²) >= 11 is 0. The topological polar surface area (TPSA) is 87.7 Å². The van der Waals surface area contributed by atoms with Crippen LogP contribution in [-0.4, -0.2) is 20.9 Å². The molecule has 1 aliphatic rings. The van der Waals surface area contributed by atoms with Crippen molar-refractivity contribution in [3.63, 3.8) is 0 Å². The van der Waals surface area contributed by atoms with Gasteiger partial charge >= 0.3 is 0 Å². The van der Waals surface area contributed by atoms with E-state index in [0.717, 1.165) is 24.0 Å². The van der Waals surface area contributed by atoms with Crippen molar-refractivity contribution in [1.82, 2.24) is 20.3 Å². The van der Waals surface area contributed by atoms with Gasteiger partial charge in [0.1, 0.15) is 11.6 Å². The number of rotatable bonds is 7. The largest absolute Gasteiger partial charge is 0.349 e. The average molecular weight is 420 g/mol. The molecule has 2 N–H and O–H groups in total. The van der Waals surface area contributed by atoms with Crippen molar-refractivity contribution in [2.75, 3.05) is 0 Å². The maximum Gasteiger partial charge on any atom is 0.251 e. The van der Waals surface area contributed by atoms with Gasteiger partial charge in [0.05, 0.1) is 11.7 Å². The van der Waals surface area contributed by atoms with Crippen molar-refractivity contribution in [1.29, 1.82) is 0 Å². The standard InChI is InChI=1S/C24H25FN4O2/c25-19-7-5-17(6-8-19)21(28-22(30)13-16-3-1-2-4-16)14-20-15-23(31)29-24(27-20)18-9-11-26-12-10-18/h5-12,15-16,21H,1-4,13-14H2,(H,28,30)(H,27,29,31)/t21-/m0/s1. The summed E-state index contributed by atoms with van der Waals surface area (Å²) in [4.78, 5) is 36.3. The van der Waals surface area contributed by atoms with Crippen molar-refractivity contribution in [2.45, 2.75) is 44.6 Å². The highest BCUT2D eigenvalue weighted by molar-refractivity contribution is 5.76. The molecule has 6 nitrogen and oxygen atoms in total. The molecule has 0 unspecified atom stereocenters. The summed E-state index contributed by atoms with van der Waals surface area (Å²) in [6, 6.07) is 10.6. The molecule has 1 saturated carbocycles. The fourth-order valence-electron chi connectivity index (χ4n) is 4.15. The maximum absolute atomic E-state index is 13.5. The normalized spacial score (nSPS) is 15.0. The van der Waals surface area contributed by atoms with Crippen LogP contribution in [0.15, 0.2) is 59.7 Å². The summed E-state index contributed by atoms with van der Waals surface area (Å²) in [6.07, 6.45) is 8.59. The molecule has 2 heterocycles. The molecule has 31 heavy (non-hydrogen) atoms. The summed E-state index contributed by atoms with van der Waals surface area (Å²) in [5.41, 5.74) is 1.80. The minimum atomic E-state index is -0.408. The van der Waals surface area contributed by atoms with E-state index in [-0.39, 0.29) is 17.3 Å². The van der Waals surface area contributed by atoms with Crippen LogP contribution in [0.3, 0.4) is 0 Å². The lowest BCUT2D eigenvalue weighted by Crippen LogP contribution is -2.31. The lowest BCUT2D eigenvalue weighted by atomic mass is 9.99. The summed E-state index contributed by atoms with van der Waals surface area (Å²) in [5, 5.41) is 3.08. The zero-order chi connectivity index (χ0) is 21.6. The van der Waals surface area contributed by atoms with Gasteiger partial charge in [-0.15, -0.1) is 0 Å². The molecule has 7 heteroatoms. The van der Waals surface area contributed by atoms with Gasteiger partial charge in [-0.3, -0.25) is 14.6 Å². The third-order valence-electron chi connectivity index (χ3n) is 5.72. The van der Waals surface area contributed by atoms with Gasteiger partial charge in [0, 0.05) is 36.9 Å². The minimum absolute atomic E-state index is 0.0274. The van der Waals surface area contributed by atoms with E-state index in [1.54, 1.807) is 36.7 Å². The summed E-state index contributed by atoms with van der Waals surface area (Å²) in [6.45, 7) is 0. The molecular weight excluding hydrogens is 395 g/mol. The Labute approximate surface area is 180 Å². The van der Waals surface area contributed by atoms with Gasteiger partial charge in [-0.2, -0.15) is 0 Å². The number of hydrogen-bond acceptors (Lipinski definition) is 4. The molecule has 2 aromatic heterocycles. The van der Waals surface area contributed by atoms with E-state index in [0.29, 0.717) is 30.3 Å². The fourth-order valence-corrected chi connectivity index (χ4v) is 4.15. The Kier molecular flexibility index (Phi) is 6.50. The second-order valence-electron chi connectivity index (χ2n) is 8.05. The first-order valence-corrected chi connectivity index (χ1v) is 10.6. The molecule has 1 atom stereocenters. The molecule has 0 bridgehead atoms. The maximum atomic E-state index is 13.5. The number of hydrogen-bond donors (Lipinski definition) is 2. The molecule has 1 aromatic carbocycles. The Hall–Kier alpha value is -3.35. The van der Waals surface area contributed by atoms with Crippen LogP contribution >= 0.6 is 0 Å². The van der Waals surface area contributed by atoms with Gasteiger partial charge in [0.2, 0.25) is 5.91 Å². The van der Waals surface area contributed by atoms with E-state index < -0.39 is 6.04 Å². The van der Waals surface area contributed by atoms with E-state index in [9.17, 15) is 14.0 Å². The van der Waals surface area contributed by atoms with Crippen molar-refractivity contribution in [3.8, 4) is 11.4 Å². The highest BCUT2D eigenvalue weighted by Crippen LogP contribution is 2.28. The number of halogens is 1. The van der Waals surface area contributed by atoms with Crippen molar-refractivity contribution >= 4 is 5.91 Å². The Balaban J connectivity index is 1.58. The number of amides is 1. The van der Waals surface area contributed by atoms with Crippen LogP contribution in [0.1, 0.15) is 49.4 Å². The molecule has 1 amide bonds. The van der Waals surface area contributed by atoms with Crippen LogP contribution in [0, 0.1) is 11.7 Å². The lowest BCUT2D eigenvalue weighted by molar-refractivity contribution is -0.122. The number of pyridine rings is 1. The number of aromatic amines is 1. The first-order valence-electron chi connectivity index (χ1n) is 10.6. The van der Waals surface area contributed by atoms with Crippen LogP contribution in [0.4, 0.5) is 4.39 Å². The number of carbonyl (C=O) groups excluding carboxylic acids is 1. The van der Waals surface area contributed by atoms with Crippen molar-refractivity contribution in [2.24, 2.45) is 5.92 Å². The third-order valence-corrected chi connectivity index (χ3v) is 5.72. The molecule has 1 fully saturated rings. The Morgan fingerprint density at radius 2 is 1.84 bits per heavy atom. The van der Waals surface area contributed by atoms with E-state index >= 15 is 0 Å². The second-order valence-corrected chi connectivity index (χ2v) is 8.05.